The Morgan fingerprint density at radius 3 is 2.31 bits per heavy atom. The van der Waals surface area contributed by atoms with E-state index < -0.39 is 11.9 Å². The molecule has 0 aliphatic carbocycles. The van der Waals surface area contributed by atoms with Gasteiger partial charge >= 0.3 is 5.97 Å². The highest BCUT2D eigenvalue weighted by Crippen LogP contribution is 2.15. The molecule has 0 spiro atoms. The molecule has 1 aromatic rings. The summed E-state index contributed by atoms with van der Waals surface area (Å²) in [5.74, 6) is -1.61. The van der Waals surface area contributed by atoms with E-state index in [1.165, 1.54) is 12.1 Å². The lowest BCUT2D eigenvalue weighted by molar-refractivity contribution is -0.141. The molecule has 1 rings (SSSR count). The molecule has 1 N–H and O–H groups in total. The van der Waals surface area contributed by atoms with Crippen LogP contribution in [0.15, 0.2) is 30.3 Å². The first-order chi connectivity index (χ1) is 7.50. The van der Waals surface area contributed by atoms with Gasteiger partial charge in [-0.05, 0) is 23.6 Å². The van der Waals surface area contributed by atoms with Gasteiger partial charge in [0.15, 0.2) is 0 Å². The highest BCUT2D eigenvalue weighted by molar-refractivity contribution is 5.74. The molecule has 0 bridgehead atoms. The third-order valence-electron chi connectivity index (χ3n) is 2.37. The normalized spacial score (nSPS) is 13.2. The maximum atomic E-state index is 12.6. The van der Waals surface area contributed by atoms with Gasteiger partial charge in [-0.3, -0.25) is 4.79 Å². The molecule has 86 valence electrons. The largest absolute Gasteiger partial charge is 0.481 e. The molecule has 16 heavy (non-hydrogen) atoms. The van der Waals surface area contributed by atoms with Crippen molar-refractivity contribution < 1.29 is 14.3 Å². The van der Waals surface area contributed by atoms with E-state index in [4.69, 9.17) is 5.11 Å². The van der Waals surface area contributed by atoms with Gasteiger partial charge in [0.25, 0.3) is 0 Å². The lowest BCUT2D eigenvalue weighted by atomic mass is 9.95. The quantitative estimate of drug-likeness (QED) is 0.849. The van der Waals surface area contributed by atoms with Crippen molar-refractivity contribution >= 4 is 12.0 Å². The number of hydrogen-bond donors (Lipinski definition) is 1. The molecule has 1 aromatic carbocycles. The van der Waals surface area contributed by atoms with Crippen LogP contribution in [0.2, 0.25) is 0 Å². The fourth-order valence-corrected chi connectivity index (χ4v) is 1.38. The zero-order valence-electron chi connectivity index (χ0n) is 9.35. The summed E-state index contributed by atoms with van der Waals surface area (Å²) in [5, 5.41) is 8.95. The summed E-state index contributed by atoms with van der Waals surface area (Å²) in [4.78, 5) is 10.9. The summed E-state index contributed by atoms with van der Waals surface area (Å²) >= 11 is 0. The zero-order valence-corrected chi connectivity index (χ0v) is 9.35. The number of carboxylic acid groups (broad SMARTS) is 1. The van der Waals surface area contributed by atoms with Crippen molar-refractivity contribution in [1.82, 2.24) is 0 Å². The molecular formula is C13H15FO2. The van der Waals surface area contributed by atoms with Crippen molar-refractivity contribution in [2.45, 2.75) is 13.8 Å². The Bertz CT molecular complexity index is 379. The number of aliphatic carboxylic acids is 1. The molecule has 0 fully saturated rings. The van der Waals surface area contributed by atoms with Crippen LogP contribution in [-0.2, 0) is 4.79 Å². The lowest BCUT2D eigenvalue weighted by Gasteiger charge is -2.10. The highest BCUT2D eigenvalue weighted by atomic mass is 19.1. The molecular weight excluding hydrogens is 207 g/mol. The smallest absolute Gasteiger partial charge is 0.310 e. The maximum absolute atomic E-state index is 12.6. The Kier molecular flexibility index (Phi) is 4.23. The first kappa shape index (κ1) is 12.4. The minimum absolute atomic E-state index is 0.0363. The van der Waals surface area contributed by atoms with Gasteiger partial charge in [-0.2, -0.15) is 0 Å². The molecule has 0 aliphatic rings. The van der Waals surface area contributed by atoms with Gasteiger partial charge in [0.1, 0.15) is 5.82 Å². The van der Waals surface area contributed by atoms with Gasteiger partial charge in [0, 0.05) is 0 Å². The molecule has 0 radical (unpaired) electrons. The van der Waals surface area contributed by atoms with Crippen LogP contribution in [0.25, 0.3) is 6.08 Å². The van der Waals surface area contributed by atoms with Gasteiger partial charge in [-0.15, -0.1) is 0 Å². The van der Waals surface area contributed by atoms with Crippen molar-refractivity contribution in [3.05, 3.63) is 41.7 Å². The minimum atomic E-state index is -0.839. The molecule has 0 heterocycles. The molecule has 1 unspecified atom stereocenters. The van der Waals surface area contributed by atoms with Crippen LogP contribution in [0.5, 0.6) is 0 Å². The maximum Gasteiger partial charge on any atom is 0.310 e. The molecule has 0 aliphatic heterocycles. The number of hydrogen-bond acceptors (Lipinski definition) is 1. The minimum Gasteiger partial charge on any atom is -0.481 e. The summed E-state index contributed by atoms with van der Waals surface area (Å²) in [5.41, 5.74) is 0.799. The van der Waals surface area contributed by atoms with E-state index in [2.05, 4.69) is 0 Å². The van der Waals surface area contributed by atoms with E-state index in [9.17, 15) is 9.18 Å². The summed E-state index contributed by atoms with van der Waals surface area (Å²) in [6.45, 7) is 3.71. The Balaban J connectivity index is 2.78. The summed E-state index contributed by atoms with van der Waals surface area (Å²) in [7, 11) is 0. The number of carbonyl (C=O) groups is 1. The van der Waals surface area contributed by atoms with Gasteiger partial charge in [-0.1, -0.05) is 38.1 Å². The van der Waals surface area contributed by atoms with Crippen LogP contribution in [0, 0.1) is 17.7 Å². The van der Waals surface area contributed by atoms with E-state index in [0.717, 1.165) is 5.56 Å². The Morgan fingerprint density at radius 2 is 1.88 bits per heavy atom. The molecule has 2 nitrogen and oxygen atoms in total. The van der Waals surface area contributed by atoms with E-state index >= 15 is 0 Å². The SMILES string of the molecule is CC(C)C(C=Cc1ccc(F)cc1)C(=O)O. The van der Waals surface area contributed by atoms with Crippen molar-refractivity contribution in [1.29, 1.82) is 0 Å². The second-order valence-corrected chi connectivity index (χ2v) is 4.02. The monoisotopic (exact) mass is 222 g/mol. The number of rotatable bonds is 4. The fraction of sp³-hybridized carbons (Fsp3) is 0.308. The van der Waals surface area contributed by atoms with Crippen LogP contribution in [0.3, 0.4) is 0 Å². The van der Waals surface area contributed by atoms with E-state index in [-0.39, 0.29) is 11.7 Å². The summed E-state index contributed by atoms with van der Waals surface area (Å²) in [6, 6.07) is 5.94. The van der Waals surface area contributed by atoms with Crippen LogP contribution in [-0.4, -0.2) is 11.1 Å². The van der Waals surface area contributed by atoms with Crippen molar-refractivity contribution in [2.24, 2.45) is 11.8 Å². The zero-order chi connectivity index (χ0) is 12.1. The van der Waals surface area contributed by atoms with E-state index in [1.54, 1.807) is 24.3 Å². The van der Waals surface area contributed by atoms with Gasteiger partial charge in [0.05, 0.1) is 5.92 Å². The van der Waals surface area contributed by atoms with Gasteiger partial charge < -0.3 is 5.11 Å². The van der Waals surface area contributed by atoms with Crippen LogP contribution in [0.4, 0.5) is 4.39 Å². The predicted molar refractivity (Wildman–Crippen MR) is 61.4 cm³/mol. The molecule has 3 heteroatoms. The number of halogens is 1. The molecule has 0 aromatic heterocycles. The number of benzene rings is 1. The molecule has 0 saturated heterocycles. The van der Waals surface area contributed by atoms with Crippen molar-refractivity contribution in [3.63, 3.8) is 0 Å². The summed E-state index contributed by atoms with van der Waals surface area (Å²) < 4.78 is 12.6. The third kappa shape index (κ3) is 3.50. The second-order valence-electron chi connectivity index (χ2n) is 4.02. The second kappa shape index (κ2) is 5.45. The van der Waals surface area contributed by atoms with Gasteiger partial charge in [0.2, 0.25) is 0 Å². The van der Waals surface area contributed by atoms with E-state index in [0.29, 0.717) is 0 Å². The average molecular weight is 222 g/mol. The van der Waals surface area contributed by atoms with Crippen LogP contribution in [0.1, 0.15) is 19.4 Å². The Labute approximate surface area is 94.4 Å². The molecule has 0 amide bonds. The lowest BCUT2D eigenvalue weighted by Crippen LogP contribution is -2.16. The average Bonchev–Trinajstić information content (AvgIpc) is 2.20. The number of carboxylic acids is 1. The Morgan fingerprint density at radius 1 is 1.31 bits per heavy atom. The highest BCUT2D eigenvalue weighted by Gasteiger charge is 2.17. The van der Waals surface area contributed by atoms with Gasteiger partial charge in [-0.25, -0.2) is 4.39 Å². The molecule has 1 atom stereocenters. The standard InChI is InChI=1S/C13H15FO2/c1-9(2)12(13(15)16)8-5-10-3-6-11(14)7-4-10/h3-9,12H,1-2H3,(H,15,16). The topological polar surface area (TPSA) is 37.3 Å². The Hall–Kier alpha value is -1.64. The van der Waals surface area contributed by atoms with Crippen molar-refractivity contribution in [3.8, 4) is 0 Å². The van der Waals surface area contributed by atoms with E-state index in [1.807, 2.05) is 13.8 Å². The van der Waals surface area contributed by atoms with Crippen LogP contribution >= 0.6 is 0 Å². The predicted octanol–water partition coefficient (Wildman–Crippen LogP) is 3.20. The third-order valence-corrected chi connectivity index (χ3v) is 2.37. The first-order valence-electron chi connectivity index (χ1n) is 5.17. The van der Waals surface area contributed by atoms with Crippen LogP contribution < -0.4 is 0 Å². The fourth-order valence-electron chi connectivity index (χ4n) is 1.38. The summed E-state index contributed by atoms with van der Waals surface area (Å²) in [6.07, 6.45) is 3.35. The molecule has 0 saturated carbocycles. The van der Waals surface area contributed by atoms with Crippen molar-refractivity contribution in [2.75, 3.05) is 0 Å². The first-order valence-corrected chi connectivity index (χ1v) is 5.17.